The molecule has 2 saturated heterocycles. The van der Waals surface area contributed by atoms with Gasteiger partial charge >= 0.3 is 18.0 Å². The van der Waals surface area contributed by atoms with Crippen molar-refractivity contribution < 1.29 is 58.2 Å². The molecule has 2 fully saturated rings. The van der Waals surface area contributed by atoms with E-state index in [1.54, 1.807) is 0 Å². The third kappa shape index (κ3) is 4.75. The molecule has 1 unspecified atom stereocenters. The minimum absolute atomic E-state index is 0.0555. The standard InChI is InChI=1S/C25H23F8NO5S/c26-18-5-7-19(8-6-18)40(37,38)22(9-12-34(15-22)20(35)21(36)10-13-39-14-11-21)16-1-3-17(4-2-16)23(27,24(28,29)30)25(31,32)33/h1-8,36H,9-15H2. The summed E-state index contributed by atoms with van der Waals surface area (Å²) in [6.45, 7) is -0.768. The van der Waals surface area contributed by atoms with Crippen molar-refractivity contribution in [3.63, 3.8) is 0 Å². The van der Waals surface area contributed by atoms with Gasteiger partial charge in [0.15, 0.2) is 9.84 Å². The lowest BCUT2D eigenvalue weighted by Crippen LogP contribution is -2.52. The molecule has 1 amide bonds. The van der Waals surface area contributed by atoms with Crippen LogP contribution in [0.15, 0.2) is 53.4 Å². The molecule has 2 aliphatic rings. The number of aliphatic hydroxyl groups is 1. The third-order valence-corrected chi connectivity index (χ3v) is 9.96. The highest BCUT2D eigenvalue weighted by atomic mass is 32.2. The Labute approximate surface area is 223 Å². The Morgan fingerprint density at radius 2 is 1.38 bits per heavy atom. The van der Waals surface area contributed by atoms with Crippen molar-refractivity contribution in [3.8, 4) is 0 Å². The summed E-state index contributed by atoms with van der Waals surface area (Å²) in [6, 6.07) is 5.23. The van der Waals surface area contributed by atoms with Crippen LogP contribution in [0.25, 0.3) is 0 Å². The zero-order valence-corrected chi connectivity index (χ0v) is 21.3. The van der Waals surface area contributed by atoms with Crippen molar-refractivity contribution in [1.82, 2.24) is 4.90 Å². The van der Waals surface area contributed by atoms with E-state index < -0.39 is 66.9 Å². The van der Waals surface area contributed by atoms with Crippen molar-refractivity contribution in [2.24, 2.45) is 0 Å². The Kier molecular flexibility index (Phi) is 7.50. The molecule has 2 aromatic carbocycles. The first kappa shape index (κ1) is 30.2. The maximum absolute atomic E-state index is 14.6. The molecule has 0 spiro atoms. The van der Waals surface area contributed by atoms with Gasteiger partial charge in [-0.3, -0.25) is 4.79 Å². The molecule has 6 nitrogen and oxygen atoms in total. The number of benzene rings is 2. The number of amides is 1. The van der Waals surface area contributed by atoms with Gasteiger partial charge in [0.25, 0.3) is 5.91 Å². The Morgan fingerprint density at radius 1 is 0.850 bits per heavy atom. The zero-order valence-electron chi connectivity index (χ0n) is 20.5. The van der Waals surface area contributed by atoms with E-state index in [2.05, 4.69) is 0 Å². The van der Waals surface area contributed by atoms with Gasteiger partial charge < -0.3 is 14.7 Å². The fourth-order valence-corrected chi connectivity index (χ4v) is 7.19. The summed E-state index contributed by atoms with van der Waals surface area (Å²) in [4.78, 5) is 13.9. The van der Waals surface area contributed by atoms with Crippen LogP contribution < -0.4 is 0 Å². The van der Waals surface area contributed by atoms with Crippen molar-refractivity contribution in [1.29, 1.82) is 0 Å². The number of alkyl halides is 7. The average Bonchev–Trinajstić information content (AvgIpc) is 3.34. The van der Waals surface area contributed by atoms with Gasteiger partial charge in [0.1, 0.15) is 16.2 Å². The van der Waals surface area contributed by atoms with E-state index in [0.29, 0.717) is 12.1 Å². The fraction of sp³-hybridized carbons (Fsp3) is 0.480. The molecule has 0 radical (unpaired) electrons. The second kappa shape index (κ2) is 9.94. The first-order chi connectivity index (χ1) is 18.4. The Bertz CT molecular complexity index is 1340. The average molecular weight is 602 g/mol. The van der Waals surface area contributed by atoms with Gasteiger partial charge in [-0.15, -0.1) is 0 Å². The van der Waals surface area contributed by atoms with E-state index in [1.165, 1.54) is 0 Å². The van der Waals surface area contributed by atoms with Gasteiger partial charge in [-0.2, -0.15) is 26.3 Å². The minimum Gasteiger partial charge on any atom is -0.381 e. The molecule has 1 atom stereocenters. The molecule has 4 rings (SSSR count). The van der Waals surface area contributed by atoms with Gasteiger partial charge in [0.05, 0.1) is 4.90 Å². The van der Waals surface area contributed by atoms with E-state index in [4.69, 9.17) is 4.74 Å². The van der Waals surface area contributed by atoms with Crippen molar-refractivity contribution >= 4 is 15.7 Å². The Morgan fingerprint density at radius 3 is 1.88 bits per heavy atom. The summed E-state index contributed by atoms with van der Waals surface area (Å²) in [5, 5.41) is 10.9. The number of rotatable bonds is 5. The molecule has 0 bridgehead atoms. The highest BCUT2D eigenvalue weighted by Gasteiger charge is 2.73. The maximum Gasteiger partial charge on any atom is 0.435 e. The number of hydrogen-bond donors (Lipinski definition) is 1. The van der Waals surface area contributed by atoms with Crippen LogP contribution >= 0.6 is 0 Å². The Balaban J connectivity index is 1.81. The van der Waals surface area contributed by atoms with Crippen LogP contribution in [0.1, 0.15) is 30.4 Å². The van der Waals surface area contributed by atoms with Crippen LogP contribution in [0.4, 0.5) is 35.1 Å². The summed E-state index contributed by atoms with van der Waals surface area (Å²) in [5.41, 5.74) is -9.73. The summed E-state index contributed by atoms with van der Waals surface area (Å²) >= 11 is 0. The molecule has 2 heterocycles. The molecular weight excluding hydrogens is 578 g/mol. The van der Waals surface area contributed by atoms with Crippen LogP contribution in [-0.2, 0) is 29.8 Å². The van der Waals surface area contributed by atoms with Gasteiger partial charge in [0.2, 0.25) is 0 Å². The Hall–Kier alpha value is -2.78. The smallest absolute Gasteiger partial charge is 0.381 e. The lowest BCUT2D eigenvalue weighted by atomic mass is 9.90. The lowest BCUT2D eigenvalue weighted by Gasteiger charge is -2.35. The quantitative estimate of drug-likeness (QED) is 0.402. The van der Waals surface area contributed by atoms with Crippen LogP contribution in [0, 0.1) is 5.82 Å². The number of nitrogens with zero attached hydrogens (tertiary/aromatic N) is 1. The monoisotopic (exact) mass is 601 g/mol. The van der Waals surface area contributed by atoms with E-state index in [-0.39, 0.29) is 56.7 Å². The number of carbonyl (C=O) groups excluding carboxylic acids is 1. The predicted octanol–water partition coefficient (Wildman–Crippen LogP) is 4.56. The van der Waals surface area contributed by atoms with Gasteiger partial charge in [0, 0.05) is 44.7 Å². The number of hydrogen-bond acceptors (Lipinski definition) is 5. The van der Waals surface area contributed by atoms with E-state index in [1.807, 2.05) is 0 Å². The van der Waals surface area contributed by atoms with Crippen LogP contribution in [0.5, 0.6) is 0 Å². The largest absolute Gasteiger partial charge is 0.435 e. The van der Waals surface area contributed by atoms with Gasteiger partial charge in [-0.05, 0) is 36.2 Å². The normalized spacial score (nSPS) is 22.4. The summed E-state index contributed by atoms with van der Waals surface area (Å²) in [5.74, 6) is -1.60. The van der Waals surface area contributed by atoms with E-state index >= 15 is 0 Å². The molecule has 0 aromatic heterocycles. The van der Waals surface area contributed by atoms with Crippen molar-refractivity contribution in [3.05, 3.63) is 65.5 Å². The first-order valence-electron chi connectivity index (χ1n) is 11.9. The lowest BCUT2D eigenvalue weighted by molar-refractivity contribution is -0.348. The molecule has 2 aliphatic heterocycles. The number of ether oxygens (including phenoxy) is 1. The number of likely N-dealkylation sites (tertiary alicyclic amines) is 1. The molecule has 1 N–H and O–H groups in total. The highest BCUT2D eigenvalue weighted by Crippen LogP contribution is 2.54. The second-order valence-corrected chi connectivity index (χ2v) is 12.1. The van der Waals surface area contributed by atoms with Crippen molar-refractivity contribution in [2.45, 2.75) is 52.5 Å². The van der Waals surface area contributed by atoms with E-state index in [0.717, 1.165) is 29.2 Å². The summed E-state index contributed by atoms with van der Waals surface area (Å²) in [6.07, 6.45) is -13.3. The SMILES string of the molecule is O=C(N1CCC(c2ccc(C(F)(C(F)(F)F)C(F)(F)F)cc2)(S(=O)(=O)c2ccc(F)cc2)C1)C1(O)CCOCC1. The van der Waals surface area contributed by atoms with Gasteiger partial charge in [-0.1, -0.05) is 24.3 Å². The number of sulfone groups is 1. The topological polar surface area (TPSA) is 83.9 Å². The highest BCUT2D eigenvalue weighted by molar-refractivity contribution is 7.92. The van der Waals surface area contributed by atoms with Crippen LogP contribution in [-0.4, -0.2) is 68.6 Å². The van der Waals surface area contributed by atoms with E-state index in [9.17, 15) is 53.4 Å². The number of halogens is 8. The van der Waals surface area contributed by atoms with Gasteiger partial charge in [-0.25, -0.2) is 17.2 Å². The molecule has 220 valence electrons. The third-order valence-electron chi connectivity index (χ3n) is 7.47. The zero-order chi connectivity index (χ0) is 29.8. The molecular formula is C25H23F8NO5S. The molecule has 2 aromatic rings. The van der Waals surface area contributed by atoms with Crippen LogP contribution in [0.3, 0.4) is 0 Å². The van der Waals surface area contributed by atoms with Crippen molar-refractivity contribution in [2.75, 3.05) is 26.3 Å². The molecule has 0 aliphatic carbocycles. The first-order valence-corrected chi connectivity index (χ1v) is 13.4. The number of carbonyl (C=O) groups is 1. The van der Waals surface area contributed by atoms with Crippen LogP contribution in [0.2, 0.25) is 0 Å². The fourth-order valence-electron chi connectivity index (χ4n) is 5.11. The molecule has 0 saturated carbocycles. The minimum atomic E-state index is -6.37. The molecule has 15 heteroatoms. The molecule has 40 heavy (non-hydrogen) atoms. The maximum atomic E-state index is 14.6. The summed E-state index contributed by atoms with van der Waals surface area (Å²) < 4.78 is 139. The second-order valence-electron chi connectivity index (χ2n) is 9.80. The predicted molar refractivity (Wildman–Crippen MR) is 123 cm³/mol. The summed E-state index contributed by atoms with van der Waals surface area (Å²) in [7, 11) is -4.60.